The van der Waals surface area contributed by atoms with Crippen molar-refractivity contribution in [3.05, 3.63) is 23.7 Å². The molecule has 6 heteroatoms. The average molecular weight is 320 g/mol. The van der Waals surface area contributed by atoms with Crippen molar-refractivity contribution < 1.29 is 9.15 Å². The molecule has 23 heavy (non-hydrogen) atoms. The van der Waals surface area contributed by atoms with Gasteiger partial charge in [-0.3, -0.25) is 9.89 Å². The number of piperidine rings is 1. The van der Waals surface area contributed by atoms with E-state index in [-0.39, 0.29) is 6.04 Å². The summed E-state index contributed by atoms with van der Waals surface area (Å²) in [7, 11) is 0. The summed E-state index contributed by atoms with van der Waals surface area (Å²) >= 11 is 0. The lowest BCUT2D eigenvalue weighted by Crippen LogP contribution is -2.43. The lowest BCUT2D eigenvalue weighted by molar-refractivity contribution is 0.0135. The van der Waals surface area contributed by atoms with E-state index in [1.165, 1.54) is 19.3 Å². The number of aryl methyl sites for hydroxylation is 1. The van der Waals surface area contributed by atoms with E-state index in [9.17, 15) is 0 Å². The Bertz CT molecular complexity index is 516. The van der Waals surface area contributed by atoms with Gasteiger partial charge in [0.15, 0.2) is 5.96 Å². The van der Waals surface area contributed by atoms with Crippen LogP contribution in [0.5, 0.6) is 0 Å². The molecule has 128 valence electrons. The number of rotatable bonds is 4. The number of nitrogens with zero attached hydrogens (tertiary/aromatic N) is 3. The van der Waals surface area contributed by atoms with Gasteiger partial charge in [0.05, 0.1) is 25.8 Å². The Morgan fingerprint density at radius 1 is 1.17 bits per heavy atom. The zero-order valence-electron chi connectivity index (χ0n) is 14.0. The maximum absolute atomic E-state index is 6.21. The first-order valence-corrected chi connectivity index (χ1v) is 8.67. The van der Waals surface area contributed by atoms with Crippen LogP contribution in [0.1, 0.15) is 36.8 Å². The van der Waals surface area contributed by atoms with Crippen molar-refractivity contribution in [3.8, 4) is 0 Å². The van der Waals surface area contributed by atoms with E-state index in [1.54, 1.807) is 0 Å². The van der Waals surface area contributed by atoms with Crippen LogP contribution in [0.2, 0.25) is 0 Å². The third-order valence-corrected chi connectivity index (χ3v) is 4.68. The minimum absolute atomic E-state index is 0.135. The summed E-state index contributed by atoms with van der Waals surface area (Å²) in [6.45, 7) is 8.01. The number of likely N-dealkylation sites (tertiary alicyclic amines) is 1. The lowest BCUT2D eigenvalue weighted by Gasteiger charge is -2.33. The molecule has 6 nitrogen and oxygen atoms in total. The Morgan fingerprint density at radius 2 is 1.91 bits per heavy atom. The van der Waals surface area contributed by atoms with E-state index < -0.39 is 0 Å². The minimum atomic E-state index is 0.135. The van der Waals surface area contributed by atoms with Crippen molar-refractivity contribution in [1.82, 2.24) is 9.80 Å². The van der Waals surface area contributed by atoms with Crippen LogP contribution in [0.15, 0.2) is 21.5 Å². The molecule has 0 amide bonds. The number of aliphatic imine (C=N–C) groups is 1. The molecule has 2 N–H and O–H groups in total. The molecule has 0 bridgehead atoms. The highest BCUT2D eigenvalue weighted by Gasteiger charge is 2.25. The monoisotopic (exact) mass is 320 g/mol. The molecule has 2 fully saturated rings. The minimum Gasteiger partial charge on any atom is -0.465 e. The molecule has 1 aromatic rings. The highest BCUT2D eigenvalue weighted by Crippen LogP contribution is 2.24. The largest absolute Gasteiger partial charge is 0.465 e. The molecule has 2 aliphatic rings. The molecule has 3 rings (SSSR count). The summed E-state index contributed by atoms with van der Waals surface area (Å²) < 4.78 is 11.3. The van der Waals surface area contributed by atoms with Gasteiger partial charge in [-0.2, -0.15) is 0 Å². The first kappa shape index (κ1) is 16.3. The fourth-order valence-corrected chi connectivity index (χ4v) is 3.31. The molecule has 0 radical (unpaired) electrons. The van der Waals surface area contributed by atoms with Crippen LogP contribution < -0.4 is 5.73 Å². The second kappa shape index (κ2) is 7.84. The van der Waals surface area contributed by atoms with Crippen molar-refractivity contribution >= 4 is 5.96 Å². The van der Waals surface area contributed by atoms with E-state index >= 15 is 0 Å². The van der Waals surface area contributed by atoms with Crippen molar-refractivity contribution in [2.75, 3.05) is 45.9 Å². The molecule has 0 saturated carbocycles. The van der Waals surface area contributed by atoms with Crippen molar-refractivity contribution in [2.24, 2.45) is 10.7 Å². The van der Waals surface area contributed by atoms with Crippen molar-refractivity contribution in [1.29, 1.82) is 0 Å². The summed E-state index contributed by atoms with van der Waals surface area (Å²) in [4.78, 5) is 9.27. The molecule has 0 aliphatic carbocycles. The summed E-state index contributed by atoms with van der Waals surface area (Å²) in [6, 6.07) is 4.21. The van der Waals surface area contributed by atoms with Crippen molar-refractivity contribution in [3.63, 3.8) is 0 Å². The topological polar surface area (TPSA) is 67.2 Å². The molecule has 0 spiro atoms. The Balaban J connectivity index is 1.69. The van der Waals surface area contributed by atoms with E-state index in [0.717, 1.165) is 50.9 Å². The Kier molecular flexibility index (Phi) is 5.56. The van der Waals surface area contributed by atoms with E-state index in [1.807, 2.05) is 13.0 Å². The average Bonchev–Trinajstić information content (AvgIpc) is 3.03. The smallest absolute Gasteiger partial charge is 0.191 e. The number of furan rings is 1. The molecule has 1 unspecified atom stereocenters. The molecule has 1 atom stereocenters. The number of ether oxygens (including phenoxy) is 1. The molecule has 3 heterocycles. The molecule has 2 aliphatic heterocycles. The predicted octanol–water partition coefficient (Wildman–Crippen LogP) is 1.76. The zero-order chi connectivity index (χ0) is 16.1. The molecular formula is C17H28N4O2. The van der Waals surface area contributed by atoms with E-state index in [2.05, 4.69) is 20.9 Å². The van der Waals surface area contributed by atoms with Crippen molar-refractivity contribution in [2.45, 2.75) is 32.2 Å². The third-order valence-electron chi connectivity index (χ3n) is 4.68. The SMILES string of the molecule is Cc1ccc(C(CN=C(N)N2CCCCC2)N2CCOCC2)o1. The van der Waals surface area contributed by atoms with Crippen LogP contribution in [0.3, 0.4) is 0 Å². The second-order valence-corrected chi connectivity index (χ2v) is 6.36. The van der Waals surface area contributed by atoms with Gasteiger partial charge in [-0.15, -0.1) is 0 Å². The van der Waals surface area contributed by atoms with Gasteiger partial charge in [-0.25, -0.2) is 0 Å². The van der Waals surface area contributed by atoms with Gasteiger partial charge in [0.2, 0.25) is 0 Å². The number of nitrogens with two attached hydrogens (primary N) is 1. The highest BCUT2D eigenvalue weighted by molar-refractivity contribution is 5.78. The molecule has 1 aromatic heterocycles. The van der Waals surface area contributed by atoms with E-state index in [4.69, 9.17) is 14.9 Å². The molecule has 2 saturated heterocycles. The highest BCUT2D eigenvalue weighted by atomic mass is 16.5. The first-order valence-electron chi connectivity index (χ1n) is 8.67. The maximum Gasteiger partial charge on any atom is 0.191 e. The summed E-state index contributed by atoms with van der Waals surface area (Å²) in [5, 5.41) is 0. The van der Waals surface area contributed by atoms with Crippen LogP contribution in [-0.2, 0) is 4.74 Å². The fourth-order valence-electron chi connectivity index (χ4n) is 3.31. The predicted molar refractivity (Wildman–Crippen MR) is 90.5 cm³/mol. The van der Waals surface area contributed by atoms with Crippen LogP contribution in [0.25, 0.3) is 0 Å². The second-order valence-electron chi connectivity index (χ2n) is 6.36. The normalized spacial score (nSPS) is 22.3. The van der Waals surface area contributed by atoms with Crippen LogP contribution in [-0.4, -0.2) is 61.7 Å². The Hall–Kier alpha value is -1.53. The van der Waals surface area contributed by atoms with Gasteiger partial charge in [0, 0.05) is 26.2 Å². The van der Waals surface area contributed by atoms with Gasteiger partial charge in [0.1, 0.15) is 11.5 Å². The third kappa shape index (κ3) is 4.26. The standard InChI is InChI=1S/C17H28N4O2/c1-14-5-6-16(23-14)15(20-9-11-22-12-10-20)13-19-17(18)21-7-3-2-4-8-21/h5-6,15H,2-4,7-13H2,1H3,(H2,18,19). The van der Waals surface area contributed by atoms with Gasteiger partial charge in [0.25, 0.3) is 0 Å². The summed E-state index contributed by atoms with van der Waals surface area (Å²) in [5.41, 5.74) is 6.21. The van der Waals surface area contributed by atoms with Gasteiger partial charge >= 0.3 is 0 Å². The first-order chi connectivity index (χ1) is 11.2. The number of hydrogen-bond donors (Lipinski definition) is 1. The zero-order valence-corrected chi connectivity index (χ0v) is 14.0. The summed E-state index contributed by atoms with van der Waals surface area (Å²) in [5.74, 6) is 2.58. The number of morpholine rings is 1. The number of hydrogen-bond acceptors (Lipinski definition) is 4. The quantitative estimate of drug-likeness (QED) is 0.676. The number of guanidine groups is 1. The summed E-state index contributed by atoms with van der Waals surface area (Å²) in [6.07, 6.45) is 3.72. The molecular weight excluding hydrogens is 292 g/mol. The van der Waals surface area contributed by atoms with Crippen LogP contribution in [0.4, 0.5) is 0 Å². The fraction of sp³-hybridized carbons (Fsp3) is 0.706. The van der Waals surface area contributed by atoms with Gasteiger partial charge < -0.3 is 19.8 Å². The Morgan fingerprint density at radius 3 is 2.57 bits per heavy atom. The van der Waals surface area contributed by atoms with E-state index in [0.29, 0.717) is 12.5 Å². The Labute approximate surface area is 138 Å². The molecule has 0 aromatic carbocycles. The maximum atomic E-state index is 6.21. The van der Waals surface area contributed by atoms with Crippen LogP contribution >= 0.6 is 0 Å². The van der Waals surface area contributed by atoms with Gasteiger partial charge in [-0.05, 0) is 38.3 Å². The van der Waals surface area contributed by atoms with Gasteiger partial charge in [-0.1, -0.05) is 0 Å². The van der Waals surface area contributed by atoms with Crippen LogP contribution in [0, 0.1) is 6.92 Å². The lowest BCUT2D eigenvalue weighted by atomic mass is 10.1.